The van der Waals surface area contributed by atoms with Crippen molar-refractivity contribution in [3.8, 4) is 0 Å². The molecule has 0 aromatic heterocycles. The SMILES string of the molecule is Cc1cccc(N)c1SCc1ccc(Cl)cc1. The molecule has 0 aliphatic heterocycles. The van der Waals surface area contributed by atoms with E-state index < -0.39 is 0 Å². The number of hydrogen-bond donors (Lipinski definition) is 1. The van der Waals surface area contributed by atoms with Gasteiger partial charge in [0, 0.05) is 21.4 Å². The van der Waals surface area contributed by atoms with E-state index in [9.17, 15) is 0 Å². The molecule has 0 saturated heterocycles. The number of rotatable bonds is 3. The standard InChI is InChI=1S/C14H14ClNS/c1-10-3-2-4-13(16)14(10)17-9-11-5-7-12(15)8-6-11/h2-8H,9,16H2,1H3. The van der Waals surface area contributed by atoms with E-state index in [0.29, 0.717) is 0 Å². The molecule has 0 bridgehead atoms. The van der Waals surface area contributed by atoms with Crippen LogP contribution in [0.2, 0.25) is 5.02 Å². The monoisotopic (exact) mass is 263 g/mol. The third-order valence-corrected chi connectivity index (χ3v) is 4.11. The van der Waals surface area contributed by atoms with E-state index in [4.69, 9.17) is 17.3 Å². The van der Waals surface area contributed by atoms with Crippen molar-refractivity contribution in [3.05, 3.63) is 58.6 Å². The van der Waals surface area contributed by atoms with Gasteiger partial charge in [0.1, 0.15) is 0 Å². The maximum Gasteiger partial charge on any atom is 0.0455 e. The molecule has 2 aromatic rings. The van der Waals surface area contributed by atoms with Crippen molar-refractivity contribution in [1.82, 2.24) is 0 Å². The summed E-state index contributed by atoms with van der Waals surface area (Å²) in [5.74, 6) is 0.909. The number of anilines is 1. The molecule has 2 aromatic carbocycles. The number of aryl methyl sites for hydroxylation is 1. The maximum absolute atomic E-state index is 5.97. The Morgan fingerprint density at radius 1 is 1.12 bits per heavy atom. The first-order valence-electron chi connectivity index (χ1n) is 5.39. The number of hydrogen-bond acceptors (Lipinski definition) is 2. The van der Waals surface area contributed by atoms with Crippen LogP contribution in [0.1, 0.15) is 11.1 Å². The summed E-state index contributed by atoms with van der Waals surface area (Å²) in [6.07, 6.45) is 0. The largest absolute Gasteiger partial charge is 0.398 e. The lowest BCUT2D eigenvalue weighted by atomic mass is 10.2. The molecule has 0 spiro atoms. The minimum Gasteiger partial charge on any atom is -0.398 e. The molecule has 0 aliphatic carbocycles. The van der Waals surface area contributed by atoms with Gasteiger partial charge in [0.25, 0.3) is 0 Å². The highest BCUT2D eigenvalue weighted by atomic mass is 35.5. The van der Waals surface area contributed by atoms with Gasteiger partial charge in [-0.1, -0.05) is 35.9 Å². The van der Waals surface area contributed by atoms with Gasteiger partial charge in [-0.25, -0.2) is 0 Å². The predicted octanol–water partition coefficient (Wildman–Crippen LogP) is 4.52. The molecule has 0 fully saturated rings. The quantitative estimate of drug-likeness (QED) is 0.651. The van der Waals surface area contributed by atoms with Crippen LogP contribution in [0.5, 0.6) is 0 Å². The molecule has 2 rings (SSSR count). The van der Waals surface area contributed by atoms with E-state index in [1.165, 1.54) is 16.0 Å². The fourth-order valence-electron chi connectivity index (χ4n) is 1.61. The van der Waals surface area contributed by atoms with Crippen LogP contribution in [-0.2, 0) is 5.75 Å². The van der Waals surface area contributed by atoms with Gasteiger partial charge in [-0.2, -0.15) is 0 Å². The first-order valence-corrected chi connectivity index (χ1v) is 6.75. The van der Waals surface area contributed by atoms with E-state index >= 15 is 0 Å². The summed E-state index contributed by atoms with van der Waals surface area (Å²) in [6.45, 7) is 2.08. The number of thioether (sulfide) groups is 1. The zero-order valence-corrected chi connectivity index (χ0v) is 11.2. The Hall–Kier alpha value is -1.12. The van der Waals surface area contributed by atoms with Crippen molar-refractivity contribution in [1.29, 1.82) is 0 Å². The second kappa shape index (κ2) is 5.48. The number of nitrogen functional groups attached to an aromatic ring is 1. The summed E-state index contributed by atoms with van der Waals surface area (Å²) >= 11 is 7.62. The Bertz CT molecular complexity index is 488. The molecule has 17 heavy (non-hydrogen) atoms. The molecule has 0 atom stereocenters. The molecule has 1 nitrogen and oxygen atoms in total. The highest BCUT2D eigenvalue weighted by Gasteiger charge is 2.03. The van der Waals surface area contributed by atoms with Gasteiger partial charge < -0.3 is 5.73 Å². The predicted molar refractivity (Wildman–Crippen MR) is 76.6 cm³/mol. The highest BCUT2D eigenvalue weighted by Crippen LogP contribution is 2.31. The van der Waals surface area contributed by atoms with Gasteiger partial charge in [-0.05, 0) is 36.2 Å². The van der Waals surface area contributed by atoms with Crippen molar-refractivity contribution in [2.24, 2.45) is 0 Å². The molecule has 0 radical (unpaired) electrons. The summed E-state index contributed by atoms with van der Waals surface area (Å²) in [5.41, 5.74) is 9.30. The zero-order chi connectivity index (χ0) is 12.3. The molecule has 0 saturated carbocycles. The minimum absolute atomic E-state index is 0.772. The van der Waals surface area contributed by atoms with Crippen LogP contribution in [0.3, 0.4) is 0 Å². The van der Waals surface area contributed by atoms with E-state index in [1.807, 2.05) is 36.4 Å². The molecular formula is C14H14ClNS. The average molecular weight is 264 g/mol. The van der Waals surface area contributed by atoms with Crippen LogP contribution in [0.25, 0.3) is 0 Å². The Labute approximate surface area is 111 Å². The molecule has 0 unspecified atom stereocenters. The van der Waals surface area contributed by atoms with E-state index in [2.05, 4.69) is 13.0 Å². The van der Waals surface area contributed by atoms with E-state index in [1.54, 1.807) is 11.8 Å². The molecule has 0 heterocycles. The molecule has 0 amide bonds. The second-order valence-electron chi connectivity index (χ2n) is 3.91. The molecular weight excluding hydrogens is 250 g/mol. The van der Waals surface area contributed by atoms with E-state index in [0.717, 1.165) is 16.5 Å². The van der Waals surface area contributed by atoms with Crippen molar-refractivity contribution >= 4 is 29.1 Å². The highest BCUT2D eigenvalue weighted by molar-refractivity contribution is 7.98. The molecule has 3 heteroatoms. The topological polar surface area (TPSA) is 26.0 Å². The van der Waals surface area contributed by atoms with Crippen molar-refractivity contribution in [2.45, 2.75) is 17.6 Å². The van der Waals surface area contributed by atoms with Gasteiger partial charge in [0.2, 0.25) is 0 Å². The molecule has 2 N–H and O–H groups in total. The smallest absolute Gasteiger partial charge is 0.0455 e. The summed E-state index contributed by atoms with van der Waals surface area (Å²) in [4.78, 5) is 1.17. The summed E-state index contributed by atoms with van der Waals surface area (Å²) in [5, 5.41) is 0.772. The van der Waals surface area contributed by atoms with Crippen LogP contribution in [0.15, 0.2) is 47.4 Å². The number of benzene rings is 2. The third-order valence-electron chi connectivity index (χ3n) is 2.54. The van der Waals surface area contributed by atoms with Crippen LogP contribution in [0.4, 0.5) is 5.69 Å². The molecule has 88 valence electrons. The lowest BCUT2D eigenvalue weighted by Gasteiger charge is -2.08. The minimum atomic E-state index is 0.772. The van der Waals surface area contributed by atoms with Crippen molar-refractivity contribution in [2.75, 3.05) is 5.73 Å². The summed E-state index contributed by atoms with van der Waals surface area (Å²) < 4.78 is 0. The Morgan fingerprint density at radius 3 is 2.47 bits per heavy atom. The zero-order valence-electron chi connectivity index (χ0n) is 9.61. The number of halogens is 1. The van der Waals surface area contributed by atoms with Crippen LogP contribution in [-0.4, -0.2) is 0 Å². The Morgan fingerprint density at radius 2 is 1.82 bits per heavy atom. The van der Waals surface area contributed by atoms with Gasteiger partial charge in [-0.15, -0.1) is 11.8 Å². The summed E-state index contributed by atoms with van der Waals surface area (Å²) in [7, 11) is 0. The fraction of sp³-hybridized carbons (Fsp3) is 0.143. The average Bonchev–Trinajstić information content (AvgIpc) is 2.31. The van der Waals surface area contributed by atoms with Gasteiger partial charge in [-0.3, -0.25) is 0 Å². The normalized spacial score (nSPS) is 10.5. The lowest BCUT2D eigenvalue weighted by molar-refractivity contribution is 1.29. The van der Waals surface area contributed by atoms with E-state index in [-0.39, 0.29) is 0 Å². The van der Waals surface area contributed by atoms with Crippen LogP contribution >= 0.6 is 23.4 Å². The Balaban J connectivity index is 2.10. The van der Waals surface area contributed by atoms with Gasteiger partial charge in [0.15, 0.2) is 0 Å². The van der Waals surface area contributed by atoms with Crippen LogP contribution < -0.4 is 5.73 Å². The third kappa shape index (κ3) is 3.18. The first-order chi connectivity index (χ1) is 8.16. The Kier molecular flexibility index (Phi) is 3.97. The maximum atomic E-state index is 5.97. The van der Waals surface area contributed by atoms with Gasteiger partial charge >= 0.3 is 0 Å². The summed E-state index contributed by atoms with van der Waals surface area (Å²) in [6, 6.07) is 13.9. The lowest BCUT2D eigenvalue weighted by Crippen LogP contribution is -1.91. The van der Waals surface area contributed by atoms with Gasteiger partial charge in [0.05, 0.1) is 0 Å². The van der Waals surface area contributed by atoms with Crippen molar-refractivity contribution in [3.63, 3.8) is 0 Å². The van der Waals surface area contributed by atoms with Crippen LogP contribution in [0, 0.1) is 6.92 Å². The molecule has 0 aliphatic rings. The number of nitrogens with two attached hydrogens (primary N) is 1. The first kappa shape index (κ1) is 12.3. The van der Waals surface area contributed by atoms with Crippen molar-refractivity contribution < 1.29 is 0 Å². The second-order valence-corrected chi connectivity index (χ2v) is 5.33. The fourth-order valence-corrected chi connectivity index (χ4v) is 2.77.